The lowest BCUT2D eigenvalue weighted by Crippen LogP contribution is -2.30. The van der Waals surface area contributed by atoms with E-state index in [4.69, 9.17) is 26.1 Å². The second kappa shape index (κ2) is 12.3. The first-order valence-corrected chi connectivity index (χ1v) is 13.6. The molecular weight excluding hydrogens is 506 g/mol. The summed E-state index contributed by atoms with van der Waals surface area (Å²) in [5, 5.41) is 3.43. The Morgan fingerprint density at radius 3 is 2.51 bits per heavy atom. The van der Waals surface area contributed by atoms with Crippen LogP contribution < -0.4 is 9.47 Å². The molecule has 0 N–H and O–H groups in total. The molecule has 0 spiro atoms. The Morgan fingerprint density at radius 2 is 1.84 bits per heavy atom. The molecule has 194 valence electrons. The topological polar surface area (TPSA) is 56.6 Å². The third-order valence-corrected chi connectivity index (χ3v) is 7.57. The molecule has 1 amide bonds. The quantitative estimate of drug-likeness (QED) is 0.209. The highest BCUT2D eigenvalue weighted by Gasteiger charge is 2.23. The van der Waals surface area contributed by atoms with Gasteiger partial charge in [0.05, 0.1) is 29.1 Å². The molecular formula is C29H32ClN3O3S. The summed E-state index contributed by atoms with van der Waals surface area (Å²) in [5.74, 6) is 1.51. The van der Waals surface area contributed by atoms with Crippen LogP contribution in [0, 0.1) is 6.92 Å². The van der Waals surface area contributed by atoms with Crippen LogP contribution in [0.25, 0.3) is 11.4 Å². The molecule has 0 aliphatic rings. The predicted octanol–water partition coefficient (Wildman–Crippen LogP) is 6.89. The lowest BCUT2D eigenvalue weighted by Gasteiger charge is -2.18. The maximum absolute atomic E-state index is 13.3. The Kier molecular flexibility index (Phi) is 8.90. The van der Waals surface area contributed by atoms with Crippen LogP contribution in [-0.2, 0) is 19.6 Å². The monoisotopic (exact) mass is 537 g/mol. The average molecular weight is 538 g/mol. The van der Waals surface area contributed by atoms with E-state index in [1.54, 1.807) is 13.2 Å². The van der Waals surface area contributed by atoms with Crippen LogP contribution in [0.2, 0.25) is 5.02 Å². The minimum atomic E-state index is 0.0458. The van der Waals surface area contributed by atoms with Crippen LogP contribution in [0.1, 0.15) is 40.5 Å². The number of carbonyl (C=O) groups is 1. The number of nitrogens with zero attached hydrogens (tertiary/aromatic N) is 3. The minimum Gasteiger partial charge on any atom is -0.497 e. The van der Waals surface area contributed by atoms with Gasteiger partial charge in [0, 0.05) is 30.7 Å². The number of aryl methyl sites for hydroxylation is 1. The number of methoxy groups -OCH3 is 1. The largest absolute Gasteiger partial charge is 0.497 e. The number of hydrogen-bond acceptors (Lipinski definition) is 5. The number of amides is 1. The highest BCUT2D eigenvalue weighted by molar-refractivity contribution is 7.09. The van der Waals surface area contributed by atoms with Crippen molar-refractivity contribution in [1.29, 1.82) is 0 Å². The van der Waals surface area contributed by atoms with Crippen molar-refractivity contribution in [2.45, 2.75) is 40.3 Å². The van der Waals surface area contributed by atoms with Gasteiger partial charge in [0.25, 0.3) is 5.91 Å². The third-order valence-electron chi connectivity index (χ3n) is 6.43. The van der Waals surface area contributed by atoms with Crippen LogP contribution in [-0.4, -0.2) is 40.6 Å². The summed E-state index contributed by atoms with van der Waals surface area (Å²) in [6.45, 7) is 8.41. The summed E-state index contributed by atoms with van der Waals surface area (Å²) in [7, 11) is 1.67. The van der Waals surface area contributed by atoms with E-state index in [1.807, 2.05) is 67.4 Å². The van der Waals surface area contributed by atoms with E-state index in [2.05, 4.69) is 16.7 Å². The minimum absolute atomic E-state index is 0.0458. The standard InChI is InChI=1S/C29H32ClN3O3S/c1-5-32(6-2)29(34)23-17-26(33(20(23)3)16-15-21-11-13-22(35-4)14-12-21)25-19-37-28(31-25)18-36-27-10-8-7-9-24(27)30/h7-14,17,19H,5-6,15-16,18H2,1-4H3. The maximum atomic E-state index is 13.3. The van der Waals surface area contributed by atoms with Gasteiger partial charge < -0.3 is 18.9 Å². The zero-order valence-electron chi connectivity index (χ0n) is 21.7. The molecule has 2 aromatic carbocycles. The normalized spacial score (nSPS) is 10.9. The van der Waals surface area contributed by atoms with Crippen LogP contribution in [0.5, 0.6) is 11.5 Å². The highest BCUT2D eigenvalue weighted by atomic mass is 35.5. The van der Waals surface area contributed by atoms with Crippen LogP contribution >= 0.6 is 22.9 Å². The number of halogens is 1. The average Bonchev–Trinajstić information content (AvgIpc) is 3.52. The summed E-state index contributed by atoms with van der Waals surface area (Å²) >= 11 is 7.76. The van der Waals surface area contributed by atoms with Gasteiger partial charge in [-0.05, 0) is 63.1 Å². The Balaban J connectivity index is 1.62. The van der Waals surface area contributed by atoms with Crippen molar-refractivity contribution >= 4 is 28.8 Å². The predicted molar refractivity (Wildman–Crippen MR) is 150 cm³/mol. The number of para-hydroxylation sites is 1. The smallest absolute Gasteiger partial charge is 0.255 e. The van der Waals surface area contributed by atoms with Crippen molar-refractivity contribution in [3.05, 3.63) is 86.8 Å². The molecule has 0 aliphatic heterocycles. The van der Waals surface area contributed by atoms with Crippen molar-refractivity contribution < 1.29 is 14.3 Å². The van der Waals surface area contributed by atoms with Crippen LogP contribution in [0.15, 0.2) is 60.0 Å². The summed E-state index contributed by atoms with van der Waals surface area (Å²) in [5.41, 5.74) is 4.63. The summed E-state index contributed by atoms with van der Waals surface area (Å²) < 4.78 is 13.4. The Labute approximate surface area is 227 Å². The molecule has 4 aromatic rings. The number of ether oxygens (including phenoxy) is 2. The van der Waals surface area contributed by atoms with Crippen LogP contribution in [0.4, 0.5) is 0 Å². The van der Waals surface area contributed by atoms with Gasteiger partial charge in [0.15, 0.2) is 0 Å². The molecule has 0 radical (unpaired) electrons. The molecule has 2 heterocycles. The SMILES string of the molecule is CCN(CC)C(=O)c1cc(-c2csc(COc3ccccc3Cl)n2)n(CCc2ccc(OC)cc2)c1C. The summed E-state index contributed by atoms with van der Waals surface area (Å²) in [6.07, 6.45) is 0.817. The zero-order valence-corrected chi connectivity index (χ0v) is 23.2. The lowest BCUT2D eigenvalue weighted by atomic mass is 10.1. The number of rotatable bonds is 11. The van der Waals surface area contributed by atoms with E-state index in [0.29, 0.717) is 30.5 Å². The van der Waals surface area contributed by atoms with Gasteiger partial charge in [-0.2, -0.15) is 0 Å². The molecule has 0 saturated carbocycles. The second-order valence-corrected chi connectivity index (χ2v) is 9.95. The molecule has 0 atom stereocenters. The molecule has 6 nitrogen and oxygen atoms in total. The Bertz CT molecular complexity index is 1340. The molecule has 4 rings (SSSR count). The van der Waals surface area contributed by atoms with Crippen LogP contribution in [0.3, 0.4) is 0 Å². The van der Waals surface area contributed by atoms with Gasteiger partial charge in [-0.25, -0.2) is 4.98 Å². The van der Waals surface area contributed by atoms with Gasteiger partial charge in [0.1, 0.15) is 23.1 Å². The molecule has 2 aromatic heterocycles. The van der Waals surface area contributed by atoms with E-state index in [0.717, 1.165) is 46.4 Å². The van der Waals surface area contributed by atoms with Gasteiger partial charge in [0.2, 0.25) is 0 Å². The number of benzene rings is 2. The summed E-state index contributed by atoms with van der Waals surface area (Å²) in [4.78, 5) is 20.0. The zero-order chi connectivity index (χ0) is 26.4. The molecule has 8 heteroatoms. The fourth-order valence-electron chi connectivity index (χ4n) is 4.27. The highest BCUT2D eigenvalue weighted by Crippen LogP contribution is 2.30. The van der Waals surface area contributed by atoms with E-state index in [-0.39, 0.29) is 5.91 Å². The molecule has 0 bridgehead atoms. The molecule has 0 saturated heterocycles. The van der Waals surface area contributed by atoms with E-state index < -0.39 is 0 Å². The molecule has 0 aliphatic carbocycles. The third kappa shape index (κ3) is 6.17. The summed E-state index contributed by atoms with van der Waals surface area (Å²) in [6, 6.07) is 17.5. The molecule has 37 heavy (non-hydrogen) atoms. The second-order valence-electron chi connectivity index (χ2n) is 8.60. The number of aromatic nitrogens is 2. The number of hydrogen-bond donors (Lipinski definition) is 0. The van der Waals surface area contributed by atoms with E-state index in [1.165, 1.54) is 16.9 Å². The van der Waals surface area contributed by atoms with Gasteiger partial charge in [-0.1, -0.05) is 35.9 Å². The first kappa shape index (κ1) is 26.8. The van der Waals surface area contributed by atoms with Gasteiger partial charge in [-0.3, -0.25) is 4.79 Å². The lowest BCUT2D eigenvalue weighted by molar-refractivity contribution is 0.0772. The number of thiazole rings is 1. The fourth-order valence-corrected chi connectivity index (χ4v) is 5.16. The first-order chi connectivity index (χ1) is 17.9. The molecule has 0 unspecified atom stereocenters. The van der Waals surface area contributed by atoms with Crippen molar-refractivity contribution in [2.24, 2.45) is 0 Å². The van der Waals surface area contributed by atoms with E-state index >= 15 is 0 Å². The molecule has 0 fully saturated rings. The Hall–Kier alpha value is -3.29. The number of carbonyl (C=O) groups excluding carboxylic acids is 1. The van der Waals surface area contributed by atoms with Crippen molar-refractivity contribution in [3.8, 4) is 22.9 Å². The van der Waals surface area contributed by atoms with Crippen molar-refractivity contribution in [2.75, 3.05) is 20.2 Å². The fraction of sp³-hybridized carbons (Fsp3) is 0.310. The Morgan fingerprint density at radius 1 is 1.11 bits per heavy atom. The van der Waals surface area contributed by atoms with E-state index in [9.17, 15) is 4.79 Å². The van der Waals surface area contributed by atoms with Crippen molar-refractivity contribution in [1.82, 2.24) is 14.5 Å². The van der Waals surface area contributed by atoms with Gasteiger partial charge >= 0.3 is 0 Å². The maximum Gasteiger partial charge on any atom is 0.255 e. The van der Waals surface area contributed by atoms with Gasteiger partial charge in [-0.15, -0.1) is 11.3 Å². The first-order valence-electron chi connectivity index (χ1n) is 12.4. The van der Waals surface area contributed by atoms with Crippen molar-refractivity contribution in [3.63, 3.8) is 0 Å².